The van der Waals surface area contributed by atoms with Crippen LogP contribution in [0.25, 0.3) is 0 Å². The third-order valence-electron chi connectivity index (χ3n) is 2.71. The standard InChI is InChI=1S/C14H13BI2O4/c1-18-9-3-5-11(16)13(7-9)20-15-21-14-8-10(19-2)4-6-12(14)17/h3-8,15H,1-2H3. The number of rotatable bonds is 6. The molecule has 0 bridgehead atoms. The Labute approximate surface area is 151 Å². The molecule has 2 rings (SSSR count). The molecule has 7 heteroatoms. The molecule has 0 aromatic heterocycles. The van der Waals surface area contributed by atoms with E-state index in [1.807, 2.05) is 36.4 Å². The number of halogens is 2. The molecule has 0 amide bonds. The van der Waals surface area contributed by atoms with Crippen molar-refractivity contribution in [3.63, 3.8) is 0 Å². The lowest BCUT2D eigenvalue weighted by atomic mass is 10.2. The van der Waals surface area contributed by atoms with Gasteiger partial charge >= 0.3 is 7.69 Å². The molecule has 0 aliphatic heterocycles. The average Bonchev–Trinajstić information content (AvgIpc) is 2.51. The molecule has 0 heterocycles. The summed E-state index contributed by atoms with van der Waals surface area (Å²) >= 11 is 4.42. The van der Waals surface area contributed by atoms with Crippen molar-refractivity contribution < 1.29 is 18.8 Å². The molecule has 21 heavy (non-hydrogen) atoms. The fourth-order valence-corrected chi connectivity index (χ4v) is 2.58. The second kappa shape index (κ2) is 7.97. The Morgan fingerprint density at radius 3 is 1.57 bits per heavy atom. The SMILES string of the molecule is COc1ccc(I)c(OBOc2cc(OC)ccc2I)c1. The maximum Gasteiger partial charge on any atom is 0.576 e. The maximum absolute atomic E-state index is 5.66. The van der Waals surface area contributed by atoms with Crippen molar-refractivity contribution in [3.8, 4) is 23.0 Å². The second-order valence-corrected chi connectivity index (χ2v) is 6.32. The molecule has 0 saturated heterocycles. The molecule has 0 saturated carbocycles. The van der Waals surface area contributed by atoms with Crippen LogP contribution in [0.5, 0.6) is 23.0 Å². The highest BCUT2D eigenvalue weighted by molar-refractivity contribution is 14.1. The zero-order valence-electron chi connectivity index (χ0n) is 11.6. The van der Waals surface area contributed by atoms with E-state index in [-0.39, 0.29) is 7.69 Å². The minimum Gasteiger partial charge on any atom is -0.528 e. The van der Waals surface area contributed by atoms with Gasteiger partial charge in [-0.05, 0) is 69.4 Å². The van der Waals surface area contributed by atoms with E-state index >= 15 is 0 Å². The van der Waals surface area contributed by atoms with Crippen molar-refractivity contribution in [1.82, 2.24) is 0 Å². The van der Waals surface area contributed by atoms with E-state index in [0.717, 1.165) is 30.1 Å². The summed E-state index contributed by atoms with van der Waals surface area (Å²) in [5, 5.41) is 0. The molecule has 0 N–H and O–H groups in total. The highest BCUT2D eigenvalue weighted by atomic mass is 127. The molecule has 2 aromatic rings. The monoisotopic (exact) mass is 510 g/mol. The molecule has 110 valence electrons. The largest absolute Gasteiger partial charge is 0.576 e. The first-order valence-electron chi connectivity index (χ1n) is 6.06. The second-order valence-electron chi connectivity index (χ2n) is 4.00. The van der Waals surface area contributed by atoms with Gasteiger partial charge in [-0.2, -0.15) is 0 Å². The van der Waals surface area contributed by atoms with E-state index < -0.39 is 0 Å². The third kappa shape index (κ3) is 4.57. The smallest absolute Gasteiger partial charge is 0.528 e. The van der Waals surface area contributed by atoms with E-state index in [1.165, 1.54) is 0 Å². The van der Waals surface area contributed by atoms with Gasteiger partial charge in [0.25, 0.3) is 0 Å². The van der Waals surface area contributed by atoms with Crippen LogP contribution in [0.1, 0.15) is 0 Å². The first kappa shape index (κ1) is 16.5. The molecule has 4 nitrogen and oxygen atoms in total. The van der Waals surface area contributed by atoms with Gasteiger partial charge in [0.1, 0.15) is 23.0 Å². The molecule has 0 fully saturated rings. The number of hydrogen-bond donors (Lipinski definition) is 0. The lowest BCUT2D eigenvalue weighted by Crippen LogP contribution is -2.12. The van der Waals surface area contributed by atoms with Crippen molar-refractivity contribution in [2.24, 2.45) is 0 Å². The van der Waals surface area contributed by atoms with E-state index in [9.17, 15) is 0 Å². The highest BCUT2D eigenvalue weighted by Gasteiger charge is 2.08. The average molecular weight is 510 g/mol. The van der Waals surface area contributed by atoms with Gasteiger partial charge in [0.15, 0.2) is 0 Å². The number of ether oxygens (including phenoxy) is 2. The summed E-state index contributed by atoms with van der Waals surface area (Å²) in [7, 11) is 3.37. The van der Waals surface area contributed by atoms with Crippen LogP contribution in [0.15, 0.2) is 36.4 Å². The zero-order valence-corrected chi connectivity index (χ0v) is 15.9. The van der Waals surface area contributed by atoms with Crippen LogP contribution in [0.2, 0.25) is 0 Å². The predicted octanol–water partition coefficient (Wildman–Crippen LogP) is 3.64. The minimum absolute atomic E-state index is 0.117. The lowest BCUT2D eigenvalue weighted by molar-refractivity contribution is 0.405. The molecular formula is C14H13BI2O4. The van der Waals surface area contributed by atoms with Crippen molar-refractivity contribution in [2.45, 2.75) is 0 Å². The van der Waals surface area contributed by atoms with Crippen LogP contribution in [-0.2, 0) is 0 Å². The minimum atomic E-state index is 0.117. The molecule has 2 aromatic carbocycles. The molecule has 0 spiro atoms. The van der Waals surface area contributed by atoms with Gasteiger partial charge in [-0.15, -0.1) is 0 Å². The van der Waals surface area contributed by atoms with Crippen LogP contribution in [0.4, 0.5) is 0 Å². The van der Waals surface area contributed by atoms with Crippen LogP contribution < -0.4 is 18.8 Å². The first-order chi connectivity index (χ1) is 10.1. The van der Waals surface area contributed by atoms with Crippen LogP contribution in [0, 0.1) is 7.14 Å². The molecular weight excluding hydrogens is 497 g/mol. The van der Waals surface area contributed by atoms with Gasteiger partial charge in [-0.1, -0.05) is 0 Å². The third-order valence-corrected chi connectivity index (χ3v) is 4.49. The first-order valence-corrected chi connectivity index (χ1v) is 8.22. The normalized spacial score (nSPS) is 9.90. The Hall–Kier alpha value is -0.835. The number of benzene rings is 2. The van der Waals surface area contributed by atoms with Gasteiger partial charge in [-0.3, -0.25) is 0 Å². The summed E-state index contributed by atoms with van der Waals surface area (Å²) in [6.45, 7) is 0. The quantitative estimate of drug-likeness (QED) is 0.440. The van der Waals surface area contributed by atoms with Crippen LogP contribution in [-0.4, -0.2) is 21.9 Å². The van der Waals surface area contributed by atoms with Crippen LogP contribution in [0.3, 0.4) is 0 Å². The van der Waals surface area contributed by atoms with Gasteiger partial charge in [0.2, 0.25) is 0 Å². The van der Waals surface area contributed by atoms with Crippen LogP contribution >= 0.6 is 45.2 Å². The lowest BCUT2D eigenvalue weighted by Gasteiger charge is -2.12. The Kier molecular flexibility index (Phi) is 6.28. The van der Waals surface area contributed by atoms with Crippen molar-refractivity contribution in [3.05, 3.63) is 43.5 Å². The predicted molar refractivity (Wildman–Crippen MR) is 99.8 cm³/mol. The molecule has 0 atom stereocenters. The Morgan fingerprint density at radius 1 is 0.762 bits per heavy atom. The van der Waals surface area contributed by atoms with Gasteiger partial charge in [0, 0.05) is 12.1 Å². The van der Waals surface area contributed by atoms with E-state index in [0.29, 0.717) is 0 Å². The summed E-state index contributed by atoms with van der Waals surface area (Å²) < 4.78 is 23.7. The summed E-state index contributed by atoms with van der Waals surface area (Å²) in [5.41, 5.74) is 0. The summed E-state index contributed by atoms with van der Waals surface area (Å²) in [6, 6.07) is 11.3. The van der Waals surface area contributed by atoms with Gasteiger partial charge < -0.3 is 18.8 Å². The van der Waals surface area contributed by atoms with E-state index in [4.69, 9.17) is 18.8 Å². The summed E-state index contributed by atoms with van der Waals surface area (Å²) in [5.74, 6) is 2.96. The Balaban J connectivity index is 2.01. The maximum atomic E-state index is 5.66. The Morgan fingerprint density at radius 2 is 1.19 bits per heavy atom. The molecule has 0 unspecified atom stereocenters. The zero-order chi connectivity index (χ0) is 15.2. The molecule has 0 aliphatic rings. The van der Waals surface area contributed by atoms with Gasteiger partial charge in [0.05, 0.1) is 21.4 Å². The molecule has 0 aliphatic carbocycles. The highest BCUT2D eigenvalue weighted by Crippen LogP contribution is 2.28. The van der Waals surface area contributed by atoms with E-state index in [1.54, 1.807) is 14.2 Å². The summed E-state index contributed by atoms with van der Waals surface area (Å²) in [6.07, 6.45) is 0. The fraction of sp³-hybridized carbons (Fsp3) is 0.143. The fourth-order valence-electron chi connectivity index (χ4n) is 1.60. The van der Waals surface area contributed by atoms with Crippen molar-refractivity contribution >= 4 is 52.9 Å². The summed E-state index contributed by atoms with van der Waals surface area (Å²) in [4.78, 5) is 0. The van der Waals surface area contributed by atoms with Crippen molar-refractivity contribution in [2.75, 3.05) is 14.2 Å². The topological polar surface area (TPSA) is 36.9 Å². The number of hydrogen-bond acceptors (Lipinski definition) is 4. The number of methoxy groups -OCH3 is 2. The van der Waals surface area contributed by atoms with E-state index in [2.05, 4.69) is 45.2 Å². The van der Waals surface area contributed by atoms with Gasteiger partial charge in [-0.25, -0.2) is 0 Å². The molecule has 0 radical (unpaired) electrons. The van der Waals surface area contributed by atoms with Crippen molar-refractivity contribution in [1.29, 1.82) is 0 Å². The Bertz CT molecular complexity index is 568.